The molecule has 0 aliphatic rings. The quantitative estimate of drug-likeness (QED) is 0.534. The molecule has 0 amide bonds. The van der Waals surface area contributed by atoms with E-state index in [1.807, 2.05) is 0 Å². The Hall–Kier alpha value is -1.37. The van der Waals surface area contributed by atoms with Crippen LogP contribution in [-0.2, 0) is 19.1 Å². The van der Waals surface area contributed by atoms with Crippen LogP contribution in [0.3, 0.4) is 0 Å². The number of ketones is 1. The number of Topliss-reactive ketones (excluding diaryl/α,β-unsaturated/α-hetero) is 1. The van der Waals surface area contributed by atoms with Crippen molar-refractivity contribution in [2.24, 2.45) is 0 Å². The summed E-state index contributed by atoms with van der Waals surface area (Å²) in [5.41, 5.74) is 0.0507. The zero-order valence-electron chi connectivity index (χ0n) is 9.47. The van der Waals surface area contributed by atoms with Crippen molar-refractivity contribution in [1.29, 1.82) is 0 Å². The van der Waals surface area contributed by atoms with Gasteiger partial charge in [-0.05, 0) is 19.4 Å². The van der Waals surface area contributed by atoms with Gasteiger partial charge in [0, 0.05) is 0 Å². The van der Waals surface area contributed by atoms with E-state index >= 15 is 0 Å². The maximum atomic E-state index is 12.4. The normalized spacial score (nSPS) is 13.0. The fraction of sp³-hybridized carbons (Fsp3) is 0.600. The lowest BCUT2D eigenvalue weighted by molar-refractivity contribution is -0.228. The maximum absolute atomic E-state index is 12.4. The molecule has 0 spiro atoms. The minimum absolute atomic E-state index is 0.0507. The highest BCUT2D eigenvalue weighted by atomic mass is 19.4. The summed E-state index contributed by atoms with van der Waals surface area (Å²) in [7, 11) is 0. The number of alkyl halides is 3. The minimum atomic E-state index is -4.92. The topological polar surface area (TPSA) is 52.6 Å². The van der Waals surface area contributed by atoms with Crippen LogP contribution in [0.2, 0.25) is 0 Å². The molecule has 0 aromatic heterocycles. The summed E-state index contributed by atoms with van der Waals surface area (Å²) in [5.74, 6) is -2.27. The van der Waals surface area contributed by atoms with Crippen LogP contribution >= 0.6 is 0 Å². The summed E-state index contributed by atoms with van der Waals surface area (Å²) in [6, 6.07) is 0. The molecule has 98 valence electrons. The number of carbonyl (C=O) groups is 2. The summed E-state index contributed by atoms with van der Waals surface area (Å²) in [6.45, 7) is 4.88. The lowest BCUT2D eigenvalue weighted by Crippen LogP contribution is -2.41. The number of hydrogen-bond donors (Lipinski definition) is 0. The van der Waals surface area contributed by atoms with Crippen LogP contribution in [0.15, 0.2) is 12.2 Å². The van der Waals surface area contributed by atoms with Gasteiger partial charge in [0.2, 0.25) is 0 Å². The Kier molecular flexibility index (Phi) is 5.87. The second-order valence-corrected chi connectivity index (χ2v) is 3.19. The molecule has 0 saturated carbocycles. The van der Waals surface area contributed by atoms with Crippen molar-refractivity contribution in [2.75, 3.05) is 13.2 Å². The summed E-state index contributed by atoms with van der Waals surface area (Å²) < 4.78 is 45.6. The average Bonchev–Trinajstić information content (AvgIpc) is 2.15. The van der Waals surface area contributed by atoms with Crippen LogP contribution in [0.1, 0.15) is 13.8 Å². The van der Waals surface area contributed by atoms with Crippen LogP contribution in [-0.4, -0.2) is 37.2 Å². The van der Waals surface area contributed by atoms with Crippen molar-refractivity contribution in [1.82, 2.24) is 0 Å². The first-order valence-electron chi connectivity index (χ1n) is 4.73. The fourth-order valence-electron chi connectivity index (χ4n) is 0.796. The Morgan fingerprint density at radius 1 is 1.35 bits per heavy atom. The molecule has 0 N–H and O–H groups in total. The number of esters is 1. The monoisotopic (exact) mass is 254 g/mol. The summed E-state index contributed by atoms with van der Waals surface area (Å²) in [5, 5.41) is 0. The summed E-state index contributed by atoms with van der Waals surface area (Å²) in [6.07, 6.45) is -7.66. The van der Waals surface area contributed by atoms with Gasteiger partial charge in [-0.15, -0.1) is 0 Å². The SMILES string of the molecule is C=C(C)C(=O)COC(C(=O)OCC)C(F)(F)F. The Bertz CT molecular complexity index is 309. The van der Waals surface area contributed by atoms with E-state index in [1.165, 1.54) is 13.8 Å². The second-order valence-electron chi connectivity index (χ2n) is 3.19. The first-order valence-corrected chi connectivity index (χ1v) is 4.73. The molecule has 0 aromatic rings. The van der Waals surface area contributed by atoms with Gasteiger partial charge in [0.25, 0.3) is 6.10 Å². The molecule has 0 radical (unpaired) electrons. The van der Waals surface area contributed by atoms with Crippen LogP contribution < -0.4 is 0 Å². The second kappa shape index (κ2) is 6.39. The van der Waals surface area contributed by atoms with E-state index in [9.17, 15) is 22.8 Å². The van der Waals surface area contributed by atoms with E-state index in [0.717, 1.165) is 0 Å². The van der Waals surface area contributed by atoms with Crippen LogP contribution in [0, 0.1) is 0 Å². The summed E-state index contributed by atoms with van der Waals surface area (Å²) >= 11 is 0. The van der Waals surface area contributed by atoms with Crippen molar-refractivity contribution in [3.8, 4) is 0 Å². The smallest absolute Gasteiger partial charge is 0.425 e. The van der Waals surface area contributed by atoms with Gasteiger partial charge >= 0.3 is 12.1 Å². The lowest BCUT2D eigenvalue weighted by Gasteiger charge is -2.18. The molecule has 0 aliphatic carbocycles. The zero-order valence-corrected chi connectivity index (χ0v) is 9.47. The highest BCUT2D eigenvalue weighted by molar-refractivity contribution is 5.95. The first kappa shape index (κ1) is 15.6. The van der Waals surface area contributed by atoms with Gasteiger partial charge in [-0.25, -0.2) is 4.79 Å². The minimum Gasteiger partial charge on any atom is -0.464 e. The van der Waals surface area contributed by atoms with Gasteiger partial charge in [0.1, 0.15) is 6.61 Å². The van der Waals surface area contributed by atoms with Crippen LogP contribution in [0.4, 0.5) is 13.2 Å². The Morgan fingerprint density at radius 3 is 2.24 bits per heavy atom. The Morgan fingerprint density at radius 2 is 1.88 bits per heavy atom. The number of carbonyl (C=O) groups excluding carboxylic acids is 2. The van der Waals surface area contributed by atoms with Crippen molar-refractivity contribution in [3.63, 3.8) is 0 Å². The highest BCUT2D eigenvalue weighted by Gasteiger charge is 2.47. The standard InChI is InChI=1S/C10H13F3O4/c1-4-16-9(15)8(10(11,12)13)17-5-7(14)6(2)3/h8H,2,4-5H2,1,3H3. The van der Waals surface area contributed by atoms with E-state index in [-0.39, 0.29) is 12.2 Å². The number of hydrogen-bond acceptors (Lipinski definition) is 4. The molecule has 0 fully saturated rings. The lowest BCUT2D eigenvalue weighted by atomic mass is 10.2. The number of halogens is 3. The molecule has 0 heterocycles. The van der Waals surface area contributed by atoms with Crippen molar-refractivity contribution >= 4 is 11.8 Å². The van der Waals surface area contributed by atoms with Crippen molar-refractivity contribution < 1.29 is 32.2 Å². The van der Waals surface area contributed by atoms with Gasteiger partial charge in [0.05, 0.1) is 6.61 Å². The van der Waals surface area contributed by atoms with Gasteiger partial charge in [0.15, 0.2) is 5.78 Å². The molecule has 7 heteroatoms. The third-order valence-electron chi connectivity index (χ3n) is 1.66. The Balaban J connectivity index is 4.57. The largest absolute Gasteiger partial charge is 0.464 e. The molecular weight excluding hydrogens is 241 g/mol. The maximum Gasteiger partial charge on any atom is 0.425 e. The van der Waals surface area contributed by atoms with Gasteiger partial charge in [-0.2, -0.15) is 13.2 Å². The van der Waals surface area contributed by atoms with E-state index in [0.29, 0.717) is 0 Å². The molecule has 1 unspecified atom stereocenters. The third kappa shape index (κ3) is 5.48. The van der Waals surface area contributed by atoms with Gasteiger partial charge < -0.3 is 9.47 Å². The molecule has 0 aromatic carbocycles. The highest BCUT2D eigenvalue weighted by Crippen LogP contribution is 2.24. The average molecular weight is 254 g/mol. The van der Waals surface area contributed by atoms with Crippen LogP contribution in [0.5, 0.6) is 0 Å². The molecule has 0 rings (SSSR count). The van der Waals surface area contributed by atoms with Crippen LogP contribution in [0.25, 0.3) is 0 Å². The van der Waals surface area contributed by atoms with E-state index in [2.05, 4.69) is 16.1 Å². The summed E-state index contributed by atoms with van der Waals surface area (Å²) in [4.78, 5) is 22.0. The zero-order chi connectivity index (χ0) is 13.6. The van der Waals surface area contributed by atoms with E-state index < -0.39 is 30.6 Å². The molecule has 0 bridgehead atoms. The van der Waals surface area contributed by atoms with Crippen molar-refractivity contribution in [3.05, 3.63) is 12.2 Å². The van der Waals surface area contributed by atoms with Gasteiger partial charge in [-0.1, -0.05) is 6.58 Å². The number of rotatable bonds is 6. The molecule has 0 aliphatic heterocycles. The molecule has 1 atom stereocenters. The molecule has 0 saturated heterocycles. The molecular formula is C10H13F3O4. The molecule has 17 heavy (non-hydrogen) atoms. The van der Waals surface area contributed by atoms with Gasteiger partial charge in [-0.3, -0.25) is 4.79 Å². The molecule has 4 nitrogen and oxygen atoms in total. The number of ether oxygens (including phenoxy) is 2. The Labute approximate surface area is 96.4 Å². The van der Waals surface area contributed by atoms with E-state index in [4.69, 9.17) is 0 Å². The predicted molar refractivity (Wildman–Crippen MR) is 52.2 cm³/mol. The van der Waals surface area contributed by atoms with E-state index in [1.54, 1.807) is 0 Å². The third-order valence-corrected chi connectivity index (χ3v) is 1.66. The fourth-order valence-corrected chi connectivity index (χ4v) is 0.796. The predicted octanol–water partition coefficient (Wildman–Crippen LogP) is 1.64. The first-order chi connectivity index (χ1) is 7.70. The van der Waals surface area contributed by atoms with Crippen molar-refractivity contribution in [2.45, 2.75) is 26.1 Å².